The molecule has 1 heterocycles. The van der Waals surface area contributed by atoms with Crippen molar-refractivity contribution in [3.8, 4) is 0 Å². The average Bonchev–Trinajstić information content (AvgIpc) is 3.12. The molecule has 5 heteroatoms. The minimum Gasteiger partial charge on any atom is -0.321 e. The van der Waals surface area contributed by atoms with Crippen molar-refractivity contribution in [2.24, 2.45) is 5.92 Å². The van der Waals surface area contributed by atoms with Crippen LogP contribution in [0.3, 0.4) is 0 Å². The van der Waals surface area contributed by atoms with Crippen LogP contribution in [0.1, 0.15) is 57.3 Å². The van der Waals surface area contributed by atoms with E-state index in [0.717, 1.165) is 47.2 Å². The fraction of sp³-hybridized carbons (Fsp3) is 0.333. The van der Waals surface area contributed by atoms with E-state index in [4.69, 9.17) is 0 Å². The lowest BCUT2D eigenvalue weighted by Crippen LogP contribution is -2.20. The van der Waals surface area contributed by atoms with Gasteiger partial charge in [-0.1, -0.05) is 55.5 Å². The van der Waals surface area contributed by atoms with Gasteiger partial charge in [-0.3, -0.25) is 9.59 Å². The summed E-state index contributed by atoms with van der Waals surface area (Å²) in [4.78, 5) is 27.5. The number of benzene rings is 2. The summed E-state index contributed by atoms with van der Waals surface area (Å²) in [7, 11) is 0. The summed E-state index contributed by atoms with van der Waals surface area (Å²) in [6.45, 7) is 6.25. The lowest BCUT2D eigenvalue weighted by molar-refractivity contribution is -0.116. The van der Waals surface area contributed by atoms with Crippen molar-refractivity contribution in [3.05, 3.63) is 81.2 Å². The van der Waals surface area contributed by atoms with Crippen LogP contribution in [0.15, 0.2) is 48.5 Å². The van der Waals surface area contributed by atoms with E-state index in [1.165, 1.54) is 4.88 Å². The number of aryl methyl sites for hydroxylation is 3. The quantitative estimate of drug-likeness (QED) is 0.466. The predicted octanol–water partition coefficient (Wildman–Crippen LogP) is 6.31. The third-order valence-electron chi connectivity index (χ3n) is 6.19. The first kappa shape index (κ1) is 22.3. The summed E-state index contributed by atoms with van der Waals surface area (Å²) >= 11 is 1.57. The standard InChI is InChI=1S/C27H30N2O2S/c1-17-12-14-21-22(16-17)32-27(28-23(30)15-13-20-10-5-4-6-11-20)24(21)26(31)29-25-18(2)8-7-9-19(25)3/h4-11,17H,12-16H2,1-3H3,(H,28,30)(H,29,31)/t17-/m1/s1. The van der Waals surface area contributed by atoms with Crippen LogP contribution in [0.25, 0.3) is 0 Å². The molecule has 4 nitrogen and oxygen atoms in total. The van der Waals surface area contributed by atoms with Gasteiger partial charge in [-0.2, -0.15) is 0 Å². The lowest BCUT2D eigenvalue weighted by Gasteiger charge is -2.19. The molecule has 2 N–H and O–H groups in total. The van der Waals surface area contributed by atoms with E-state index in [0.29, 0.717) is 29.3 Å². The van der Waals surface area contributed by atoms with E-state index in [2.05, 4.69) is 17.6 Å². The molecule has 32 heavy (non-hydrogen) atoms. The Labute approximate surface area is 194 Å². The maximum atomic E-state index is 13.5. The largest absolute Gasteiger partial charge is 0.321 e. The van der Waals surface area contributed by atoms with Gasteiger partial charge >= 0.3 is 0 Å². The molecule has 0 spiro atoms. The molecule has 1 aliphatic carbocycles. The van der Waals surface area contributed by atoms with Crippen LogP contribution in [0, 0.1) is 19.8 Å². The van der Waals surface area contributed by atoms with E-state index >= 15 is 0 Å². The Morgan fingerprint density at radius 2 is 1.72 bits per heavy atom. The number of anilines is 2. The number of hydrogen-bond acceptors (Lipinski definition) is 3. The zero-order chi connectivity index (χ0) is 22.7. The number of hydrogen-bond donors (Lipinski definition) is 2. The molecule has 0 radical (unpaired) electrons. The summed E-state index contributed by atoms with van der Waals surface area (Å²) in [6, 6.07) is 16.0. The smallest absolute Gasteiger partial charge is 0.258 e. The van der Waals surface area contributed by atoms with Gasteiger partial charge in [-0.25, -0.2) is 0 Å². The molecule has 0 fully saturated rings. The first-order chi connectivity index (χ1) is 15.4. The highest BCUT2D eigenvalue weighted by Crippen LogP contribution is 2.40. The molecule has 0 unspecified atom stereocenters. The molecule has 2 aromatic carbocycles. The first-order valence-electron chi connectivity index (χ1n) is 11.3. The minimum absolute atomic E-state index is 0.0541. The normalized spacial score (nSPS) is 15.2. The van der Waals surface area contributed by atoms with Crippen molar-refractivity contribution >= 4 is 33.8 Å². The van der Waals surface area contributed by atoms with Crippen LogP contribution >= 0.6 is 11.3 Å². The van der Waals surface area contributed by atoms with Gasteiger partial charge in [0.05, 0.1) is 5.56 Å². The SMILES string of the molecule is Cc1cccc(C)c1NC(=O)c1c(NC(=O)CCc2ccccc2)sc2c1CC[C@@H](C)C2. The van der Waals surface area contributed by atoms with E-state index in [-0.39, 0.29) is 11.8 Å². The predicted molar refractivity (Wildman–Crippen MR) is 133 cm³/mol. The van der Waals surface area contributed by atoms with E-state index in [1.807, 2.05) is 62.4 Å². The van der Waals surface area contributed by atoms with Crippen LogP contribution in [0.5, 0.6) is 0 Å². The van der Waals surface area contributed by atoms with Crippen molar-refractivity contribution in [1.29, 1.82) is 0 Å². The molecular formula is C27H30N2O2S. The maximum absolute atomic E-state index is 13.5. The minimum atomic E-state index is -0.132. The molecule has 166 valence electrons. The summed E-state index contributed by atoms with van der Waals surface area (Å²) in [5.41, 5.74) is 5.80. The van der Waals surface area contributed by atoms with Gasteiger partial charge in [0.25, 0.3) is 5.91 Å². The molecule has 0 saturated carbocycles. The Balaban J connectivity index is 1.58. The van der Waals surface area contributed by atoms with Crippen LogP contribution < -0.4 is 10.6 Å². The van der Waals surface area contributed by atoms with E-state index in [1.54, 1.807) is 11.3 Å². The Bertz CT molecular complexity index is 1110. The molecule has 0 bridgehead atoms. The van der Waals surface area contributed by atoms with Gasteiger partial charge in [-0.05, 0) is 67.7 Å². The Kier molecular flexibility index (Phi) is 6.75. The number of nitrogens with one attached hydrogen (secondary N) is 2. The molecule has 1 atom stereocenters. The highest BCUT2D eigenvalue weighted by atomic mass is 32.1. The maximum Gasteiger partial charge on any atom is 0.258 e. The van der Waals surface area contributed by atoms with Crippen molar-refractivity contribution in [1.82, 2.24) is 0 Å². The van der Waals surface area contributed by atoms with E-state index < -0.39 is 0 Å². The molecule has 1 aromatic heterocycles. The molecular weight excluding hydrogens is 416 g/mol. The fourth-order valence-corrected chi connectivity index (χ4v) is 5.78. The summed E-state index contributed by atoms with van der Waals surface area (Å²) < 4.78 is 0. The monoisotopic (exact) mass is 446 g/mol. The molecule has 0 saturated heterocycles. The van der Waals surface area contributed by atoms with Gasteiger partial charge in [-0.15, -0.1) is 11.3 Å². The molecule has 2 amide bonds. The van der Waals surface area contributed by atoms with Crippen LogP contribution in [-0.4, -0.2) is 11.8 Å². The zero-order valence-electron chi connectivity index (χ0n) is 19.0. The summed E-state index contributed by atoms with van der Waals surface area (Å²) in [6.07, 6.45) is 3.97. The van der Waals surface area contributed by atoms with Gasteiger partial charge in [0.1, 0.15) is 5.00 Å². The van der Waals surface area contributed by atoms with Gasteiger partial charge < -0.3 is 10.6 Å². The Morgan fingerprint density at radius 3 is 2.44 bits per heavy atom. The van der Waals surface area contributed by atoms with Gasteiger partial charge in [0.2, 0.25) is 5.91 Å². The summed E-state index contributed by atoms with van der Waals surface area (Å²) in [5.74, 6) is 0.409. The average molecular weight is 447 g/mol. The van der Waals surface area contributed by atoms with Crippen molar-refractivity contribution < 1.29 is 9.59 Å². The number of para-hydroxylation sites is 1. The molecule has 4 rings (SSSR count). The highest BCUT2D eigenvalue weighted by molar-refractivity contribution is 7.17. The Morgan fingerprint density at radius 1 is 1.00 bits per heavy atom. The number of carbonyl (C=O) groups excluding carboxylic acids is 2. The molecule has 1 aliphatic rings. The number of thiophene rings is 1. The Hall–Kier alpha value is -2.92. The lowest BCUT2D eigenvalue weighted by atomic mass is 9.88. The van der Waals surface area contributed by atoms with Crippen LogP contribution in [0.2, 0.25) is 0 Å². The third kappa shape index (κ3) is 4.94. The number of fused-ring (bicyclic) bond motifs is 1. The van der Waals surface area contributed by atoms with E-state index in [9.17, 15) is 9.59 Å². The second kappa shape index (κ2) is 9.70. The highest BCUT2D eigenvalue weighted by Gasteiger charge is 2.28. The molecule has 3 aromatic rings. The van der Waals surface area contributed by atoms with Crippen LogP contribution in [-0.2, 0) is 24.1 Å². The zero-order valence-corrected chi connectivity index (χ0v) is 19.8. The van der Waals surface area contributed by atoms with Crippen molar-refractivity contribution in [2.45, 2.75) is 52.9 Å². The van der Waals surface area contributed by atoms with Crippen molar-refractivity contribution in [2.75, 3.05) is 10.6 Å². The van der Waals surface area contributed by atoms with Gasteiger partial charge in [0.15, 0.2) is 0 Å². The number of amides is 2. The molecule has 0 aliphatic heterocycles. The number of carbonyl (C=O) groups is 2. The second-order valence-corrected chi connectivity index (χ2v) is 9.92. The third-order valence-corrected chi connectivity index (χ3v) is 7.36. The van der Waals surface area contributed by atoms with Crippen LogP contribution in [0.4, 0.5) is 10.7 Å². The van der Waals surface area contributed by atoms with Gasteiger partial charge in [0, 0.05) is 17.0 Å². The number of rotatable bonds is 6. The second-order valence-electron chi connectivity index (χ2n) is 8.81. The van der Waals surface area contributed by atoms with Crippen molar-refractivity contribution in [3.63, 3.8) is 0 Å². The summed E-state index contributed by atoms with van der Waals surface area (Å²) in [5, 5.41) is 6.88. The topological polar surface area (TPSA) is 58.2 Å². The fourth-order valence-electron chi connectivity index (χ4n) is 4.36. The first-order valence-corrected chi connectivity index (χ1v) is 12.1.